The summed E-state index contributed by atoms with van der Waals surface area (Å²) >= 11 is 0. The number of fused-ring (bicyclic) bond motifs is 1. The fourth-order valence-electron chi connectivity index (χ4n) is 3.31. The molecule has 0 bridgehead atoms. The molecule has 2 heterocycles. The molecule has 0 aliphatic carbocycles. The maximum atomic E-state index is 12.8. The van der Waals surface area contributed by atoms with Crippen molar-refractivity contribution >= 4 is 28.5 Å². The van der Waals surface area contributed by atoms with E-state index in [0.717, 1.165) is 16.7 Å². The van der Waals surface area contributed by atoms with E-state index in [1.807, 2.05) is 44.2 Å². The number of amides is 1. The van der Waals surface area contributed by atoms with Gasteiger partial charge in [0.1, 0.15) is 17.1 Å². The Balaban J connectivity index is 0.000000505. The van der Waals surface area contributed by atoms with E-state index in [0.29, 0.717) is 34.6 Å². The number of carbonyl (C=O) groups excluding carboxylic acids is 1. The number of alkyl halides is 3. The molecule has 0 saturated heterocycles. The van der Waals surface area contributed by atoms with Crippen molar-refractivity contribution in [1.29, 1.82) is 0 Å². The number of nitrogens with zero attached hydrogens (tertiary/aromatic N) is 2. The van der Waals surface area contributed by atoms with Crippen molar-refractivity contribution in [3.8, 4) is 16.9 Å². The number of ether oxygens (including phenoxy) is 1. The molecule has 200 valence electrons. The van der Waals surface area contributed by atoms with Gasteiger partial charge in [0, 0.05) is 29.8 Å². The number of hydrogen-bond donors (Lipinski definition) is 4. The quantitative estimate of drug-likeness (QED) is 0.292. The fraction of sp³-hybridized carbons (Fsp3) is 0.240. The van der Waals surface area contributed by atoms with Gasteiger partial charge in [0.25, 0.3) is 5.56 Å². The summed E-state index contributed by atoms with van der Waals surface area (Å²) in [5.41, 5.74) is 3.54. The van der Waals surface area contributed by atoms with Gasteiger partial charge in [-0.25, -0.2) is 9.78 Å². The van der Waals surface area contributed by atoms with Gasteiger partial charge < -0.3 is 20.1 Å². The lowest BCUT2D eigenvalue weighted by Gasteiger charge is -2.11. The molecule has 0 aliphatic rings. The third-order valence-corrected chi connectivity index (χ3v) is 5.21. The second kappa shape index (κ2) is 11.6. The zero-order valence-corrected chi connectivity index (χ0v) is 20.5. The standard InChI is InChI=1S/C23H23N5O3.C2HF3O2/c1-13(2)22(29)26-17-6-4-5-14(7-17)8-20-27-21-18(23(30)28-20)9-15(10-19(21)31-3)16-11-24-25-12-16;3-2(4,5)1(6)7/h4-7,9-13H,8H2,1-3H3,(H,24,25)(H,26,29)(H,27,28,30);(H,6,7). The minimum absolute atomic E-state index is 0.0486. The summed E-state index contributed by atoms with van der Waals surface area (Å²) in [6.45, 7) is 3.68. The van der Waals surface area contributed by atoms with Crippen LogP contribution >= 0.6 is 0 Å². The van der Waals surface area contributed by atoms with Gasteiger partial charge in [0.2, 0.25) is 5.91 Å². The Kier molecular flexibility index (Phi) is 8.50. The molecule has 13 heteroatoms. The van der Waals surface area contributed by atoms with Crippen molar-refractivity contribution in [3.05, 3.63) is 70.5 Å². The Labute approximate surface area is 213 Å². The molecule has 0 fully saturated rings. The van der Waals surface area contributed by atoms with Crippen molar-refractivity contribution in [2.75, 3.05) is 12.4 Å². The number of rotatable bonds is 6. The van der Waals surface area contributed by atoms with Crippen molar-refractivity contribution in [2.24, 2.45) is 5.92 Å². The number of aromatic nitrogens is 4. The van der Waals surface area contributed by atoms with Crippen LogP contribution in [0.15, 0.2) is 53.6 Å². The molecule has 0 aliphatic heterocycles. The van der Waals surface area contributed by atoms with Crippen LogP contribution in [0.5, 0.6) is 5.75 Å². The number of benzene rings is 2. The first-order valence-electron chi connectivity index (χ1n) is 11.2. The van der Waals surface area contributed by atoms with Gasteiger partial charge in [-0.1, -0.05) is 26.0 Å². The van der Waals surface area contributed by atoms with Crippen LogP contribution in [-0.2, 0) is 16.0 Å². The van der Waals surface area contributed by atoms with E-state index in [-0.39, 0.29) is 17.4 Å². The van der Waals surface area contributed by atoms with Crippen molar-refractivity contribution in [2.45, 2.75) is 26.4 Å². The Hall–Kier alpha value is -4.68. The third kappa shape index (κ3) is 6.96. The molecule has 0 atom stereocenters. The molecule has 2 aromatic heterocycles. The van der Waals surface area contributed by atoms with E-state index in [9.17, 15) is 22.8 Å². The van der Waals surface area contributed by atoms with Gasteiger partial charge >= 0.3 is 12.1 Å². The molecule has 38 heavy (non-hydrogen) atoms. The number of halogens is 3. The van der Waals surface area contributed by atoms with Gasteiger partial charge in [0.05, 0.1) is 18.7 Å². The number of nitrogens with one attached hydrogen (secondary N) is 3. The van der Waals surface area contributed by atoms with E-state index >= 15 is 0 Å². The monoisotopic (exact) mass is 531 g/mol. The summed E-state index contributed by atoms with van der Waals surface area (Å²) in [6.07, 6.45) is -1.24. The summed E-state index contributed by atoms with van der Waals surface area (Å²) in [5.74, 6) is -1.89. The SMILES string of the molecule is COc1cc(-c2cn[nH]c2)cc2c(=O)[nH]c(Cc3cccc(NC(=O)C(C)C)c3)nc12.O=C(O)C(F)(F)F. The number of anilines is 1. The van der Waals surface area contributed by atoms with Crippen LogP contribution < -0.4 is 15.6 Å². The molecule has 1 amide bonds. The lowest BCUT2D eigenvalue weighted by Crippen LogP contribution is -2.21. The van der Waals surface area contributed by atoms with Gasteiger partial charge in [0.15, 0.2) is 0 Å². The largest absolute Gasteiger partial charge is 0.494 e. The molecule has 0 spiro atoms. The minimum atomic E-state index is -5.08. The number of H-pyrrole nitrogens is 2. The van der Waals surface area contributed by atoms with Gasteiger partial charge in [-0.3, -0.25) is 14.7 Å². The maximum Gasteiger partial charge on any atom is 0.490 e. The van der Waals surface area contributed by atoms with E-state index in [2.05, 4.69) is 25.5 Å². The van der Waals surface area contributed by atoms with Gasteiger partial charge in [-0.2, -0.15) is 18.3 Å². The second-order valence-electron chi connectivity index (χ2n) is 8.40. The van der Waals surface area contributed by atoms with E-state index in [4.69, 9.17) is 14.6 Å². The zero-order valence-electron chi connectivity index (χ0n) is 20.5. The van der Waals surface area contributed by atoms with E-state index in [1.165, 1.54) is 0 Å². The molecule has 10 nitrogen and oxygen atoms in total. The number of methoxy groups -OCH3 is 1. The molecule has 4 N–H and O–H groups in total. The Morgan fingerprint density at radius 1 is 1.16 bits per heavy atom. The summed E-state index contributed by atoms with van der Waals surface area (Å²) in [7, 11) is 1.55. The Morgan fingerprint density at radius 3 is 2.45 bits per heavy atom. The predicted molar refractivity (Wildman–Crippen MR) is 133 cm³/mol. The number of hydrogen-bond acceptors (Lipinski definition) is 6. The summed E-state index contributed by atoms with van der Waals surface area (Å²) in [4.78, 5) is 41.2. The highest BCUT2D eigenvalue weighted by Gasteiger charge is 2.38. The second-order valence-corrected chi connectivity index (χ2v) is 8.40. The molecule has 4 aromatic rings. The topological polar surface area (TPSA) is 150 Å². The first-order chi connectivity index (χ1) is 17.9. The van der Waals surface area contributed by atoms with Gasteiger partial charge in [-0.15, -0.1) is 0 Å². The van der Waals surface area contributed by atoms with Crippen LogP contribution in [-0.4, -0.2) is 50.4 Å². The predicted octanol–water partition coefficient (Wildman–Crippen LogP) is 4.14. The summed E-state index contributed by atoms with van der Waals surface area (Å²) < 4.78 is 37.3. The summed E-state index contributed by atoms with van der Waals surface area (Å²) in [6, 6.07) is 11.1. The van der Waals surface area contributed by atoms with Crippen LogP contribution in [0.3, 0.4) is 0 Å². The Morgan fingerprint density at radius 2 is 1.87 bits per heavy atom. The molecule has 0 saturated carbocycles. The van der Waals surface area contributed by atoms with Crippen molar-refractivity contribution in [3.63, 3.8) is 0 Å². The molecular formula is C25H24F3N5O5. The molecule has 0 unspecified atom stereocenters. The van der Waals surface area contributed by atoms with E-state index < -0.39 is 12.1 Å². The fourth-order valence-corrected chi connectivity index (χ4v) is 3.31. The molecule has 2 aromatic carbocycles. The smallest absolute Gasteiger partial charge is 0.490 e. The Bertz CT molecular complexity index is 1500. The maximum absolute atomic E-state index is 12.8. The zero-order chi connectivity index (χ0) is 28.0. The summed E-state index contributed by atoms with van der Waals surface area (Å²) in [5, 5.41) is 17.2. The number of aromatic amines is 2. The molecular weight excluding hydrogens is 507 g/mol. The van der Waals surface area contributed by atoms with Crippen molar-refractivity contribution in [1.82, 2.24) is 20.2 Å². The number of carboxylic acids is 1. The lowest BCUT2D eigenvalue weighted by atomic mass is 10.1. The highest BCUT2D eigenvalue weighted by molar-refractivity contribution is 5.92. The highest BCUT2D eigenvalue weighted by atomic mass is 19.4. The normalized spacial score (nSPS) is 11.1. The number of carboxylic acid groups (broad SMARTS) is 1. The van der Waals surface area contributed by atoms with E-state index in [1.54, 1.807) is 25.6 Å². The first kappa shape index (κ1) is 27.9. The minimum Gasteiger partial charge on any atom is -0.494 e. The first-order valence-corrected chi connectivity index (χ1v) is 11.2. The van der Waals surface area contributed by atoms with Crippen LogP contribution in [0, 0.1) is 5.92 Å². The molecule has 4 rings (SSSR count). The highest BCUT2D eigenvalue weighted by Crippen LogP contribution is 2.29. The number of aliphatic carboxylic acids is 1. The van der Waals surface area contributed by atoms with Crippen molar-refractivity contribution < 1.29 is 32.6 Å². The van der Waals surface area contributed by atoms with Crippen LogP contribution in [0.25, 0.3) is 22.0 Å². The average molecular weight is 531 g/mol. The lowest BCUT2D eigenvalue weighted by molar-refractivity contribution is -0.192. The van der Waals surface area contributed by atoms with Crippen LogP contribution in [0.1, 0.15) is 25.2 Å². The average Bonchev–Trinajstić information content (AvgIpc) is 3.39. The van der Waals surface area contributed by atoms with Gasteiger partial charge in [-0.05, 0) is 35.4 Å². The third-order valence-electron chi connectivity index (χ3n) is 5.21. The van der Waals surface area contributed by atoms with Crippen LogP contribution in [0.4, 0.5) is 18.9 Å². The molecule has 0 radical (unpaired) electrons. The number of carbonyl (C=O) groups is 2. The van der Waals surface area contributed by atoms with Crippen LogP contribution in [0.2, 0.25) is 0 Å².